The Hall–Kier alpha value is -1.38. The number of halogens is 2. The Morgan fingerprint density at radius 2 is 2.03 bits per heavy atom. The van der Waals surface area contributed by atoms with Gasteiger partial charge in [0.1, 0.15) is 12.4 Å². The lowest BCUT2D eigenvalue weighted by atomic mass is 9.59. The first kappa shape index (κ1) is 26.9. The van der Waals surface area contributed by atoms with E-state index < -0.39 is 10.0 Å². The van der Waals surface area contributed by atoms with Crippen molar-refractivity contribution in [3.8, 4) is 5.75 Å². The molecular formula is C23H33Cl2N3O3S. The first-order chi connectivity index (χ1) is 14.5. The van der Waals surface area contributed by atoms with E-state index in [1.54, 1.807) is 0 Å². The highest BCUT2D eigenvalue weighted by atomic mass is 35.5. The van der Waals surface area contributed by atoms with Crippen LogP contribution in [0.2, 0.25) is 0 Å². The number of hydrogen-bond acceptors (Lipinski definition) is 5. The number of aromatic nitrogens is 1. The van der Waals surface area contributed by atoms with Gasteiger partial charge in [-0.2, -0.15) is 0 Å². The summed E-state index contributed by atoms with van der Waals surface area (Å²) < 4.78 is 32.0. The maximum absolute atomic E-state index is 11.8. The first-order valence-electron chi connectivity index (χ1n) is 10.9. The standard InChI is InChI=1S/C23H31N3O3S.2ClH/c1-2-16-30(27,28)26-14-15-29-19-8-7-18-9-13-25-22(20(18)17-19)23(10-5-11-23)21-6-3-4-12-24-21;;/h3-4,6-8,12,17,22,25-26H,2,5,9-11,13-16H2,1H3;2*1H. The maximum Gasteiger partial charge on any atom is 0.211 e. The van der Waals surface area contributed by atoms with Gasteiger partial charge < -0.3 is 10.1 Å². The van der Waals surface area contributed by atoms with Crippen molar-refractivity contribution in [1.29, 1.82) is 0 Å². The molecule has 1 aliphatic heterocycles. The maximum atomic E-state index is 11.8. The molecule has 4 rings (SSSR count). The molecule has 6 nitrogen and oxygen atoms in total. The molecule has 0 saturated heterocycles. The molecule has 2 aromatic rings. The molecule has 2 heterocycles. The van der Waals surface area contributed by atoms with Crippen LogP contribution in [0.1, 0.15) is 55.5 Å². The van der Waals surface area contributed by atoms with Gasteiger partial charge in [0.15, 0.2) is 0 Å². The number of benzene rings is 1. The number of nitrogens with zero attached hydrogens (tertiary/aromatic N) is 1. The van der Waals surface area contributed by atoms with Gasteiger partial charge in [-0.05, 0) is 67.6 Å². The molecule has 1 atom stereocenters. The lowest BCUT2D eigenvalue weighted by Crippen LogP contribution is -2.49. The third kappa shape index (κ3) is 5.75. The minimum absolute atomic E-state index is 0. The third-order valence-electron chi connectivity index (χ3n) is 6.31. The third-order valence-corrected chi connectivity index (χ3v) is 7.90. The summed E-state index contributed by atoms with van der Waals surface area (Å²) in [6.45, 7) is 3.41. The lowest BCUT2D eigenvalue weighted by Gasteiger charge is -2.49. The van der Waals surface area contributed by atoms with Gasteiger partial charge in [-0.3, -0.25) is 4.98 Å². The van der Waals surface area contributed by atoms with Crippen LogP contribution in [0.4, 0.5) is 0 Å². The molecule has 1 aliphatic carbocycles. The van der Waals surface area contributed by atoms with Crippen LogP contribution >= 0.6 is 24.8 Å². The van der Waals surface area contributed by atoms with Crippen LogP contribution in [0.15, 0.2) is 42.6 Å². The second-order valence-electron chi connectivity index (χ2n) is 8.28. The number of ether oxygens (including phenoxy) is 1. The van der Waals surface area contributed by atoms with E-state index in [1.807, 2.05) is 25.3 Å². The molecule has 178 valence electrons. The molecule has 1 unspecified atom stereocenters. The first-order valence-corrected chi connectivity index (χ1v) is 12.6. The number of hydrogen-bond donors (Lipinski definition) is 2. The Bertz CT molecular complexity index is 970. The average Bonchev–Trinajstić information content (AvgIpc) is 2.71. The highest BCUT2D eigenvalue weighted by molar-refractivity contribution is 7.89. The van der Waals surface area contributed by atoms with Gasteiger partial charge in [0.25, 0.3) is 0 Å². The summed E-state index contributed by atoms with van der Waals surface area (Å²) in [4.78, 5) is 4.71. The van der Waals surface area contributed by atoms with Crippen LogP contribution in [0.25, 0.3) is 0 Å². The van der Waals surface area contributed by atoms with E-state index in [-0.39, 0.29) is 48.6 Å². The van der Waals surface area contributed by atoms with Gasteiger partial charge in [-0.15, -0.1) is 24.8 Å². The van der Waals surface area contributed by atoms with E-state index in [2.05, 4.69) is 34.3 Å². The number of pyridine rings is 1. The number of nitrogens with one attached hydrogen (secondary N) is 2. The monoisotopic (exact) mass is 501 g/mol. The highest BCUT2D eigenvalue weighted by Gasteiger charge is 2.48. The molecule has 0 spiro atoms. The molecular weight excluding hydrogens is 469 g/mol. The van der Waals surface area contributed by atoms with Gasteiger partial charge in [-0.1, -0.05) is 25.5 Å². The fourth-order valence-electron chi connectivity index (χ4n) is 4.73. The van der Waals surface area contributed by atoms with E-state index in [0.717, 1.165) is 31.6 Å². The molecule has 9 heteroatoms. The molecule has 2 N–H and O–H groups in total. The largest absolute Gasteiger partial charge is 0.492 e. The van der Waals surface area contributed by atoms with Gasteiger partial charge in [0.05, 0.1) is 5.75 Å². The number of fused-ring (bicyclic) bond motifs is 1. The molecule has 0 bridgehead atoms. The smallest absolute Gasteiger partial charge is 0.211 e. The minimum atomic E-state index is -3.20. The Labute approximate surface area is 203 Å². The Kier molecular flexibility index (Phi) is 9.79. The van der Waals surface area contributed by atoms with Crippen LogP contribution in [0, 0.1) is 0 Å². The summed E-state index contributed by atoms with van der Waals surface area (Å²) in [5.41, 5.74) is 3.84. The summed E-state index contributed by atoms with van der Waals surface area (Å²) in [5.74, 6) is 0.932. The van der Waals surface area contributed by atoms with Crippen LogP contribution in [-0.2, 0) is 21.9 Å². The van der Waals surface area contributed by atoms with E-state index in [9.17, 15) is 8.42 Å². The van der Waals surface area contributed by atoms with Gasteiger partial charge >= 0.3 is 0 Å². The molecule has 2 aliphatic rings. The van der Waals surface area contributed by atoms with E-state index >= 15 is 0 Å². The lowest BCUT2D eigenvalue weighted by molar-refractivity contribution is 0.159. The van der Waals surface area contributed by atoms with Crippen LogP contribution in [0.5, 0.6) is 5.75 Å². The van der Waals surface area contributed by atoms with Crippen LogP contribution in [-0.4, -0.2) is 38.9 Å². The molecule has 32 heavy (non-hydrogen) atoms. The Balaban J connectivity index is 0.00000181. The van der Waals surface area contributed by atoms with Crippen LogP contribution < -0.4 is 14.8 Å². The van der Waals surface area contributed by atoms with Crippen molar-refractivity contribution in [2.24, 2.45) is 0 Å². The molecule has 1 aromatic heterocycles. The van der Waals surface area contributed by atoms with Gasteiger partial charge in [0.2, 0.25) is 10.0 Å². The zero-order valence-corrected chi connectivity index (χ0v) is 20.8. The minimum Gasteiger partial charge on any atom is -0.492 e. The van der Waals surface area contributed by atoms with Crippen molar-refractivity contribution in [2.75, 3.05) is 25.4 Å². The summed E-state index contributed by atoms with van der Waals surface area (Å²) in [6, 6.07) is 12.7. The summed E-state index contributed by atoms with van der Waals surface area (Å²) in [7, 11) is -3.20. The van der Waals surface area contributed by atoms with Crippen molar-refractivity contribution in [1.82, 2.24) is 15.0 Å². The second kappa shape index (κ2) is 11.7. The van der Waals surface area contributed by atoms with E-state index in [1.165, 1.54) is 23.2 Å². The fourth-order valence-corrected chi connectivity index (χ4v) is 5.80. The topological polar surface area (TPSA) is 80.3 Å². The normalized spacial score (nSPS) is 19.0. The highest BCUT2D eigenvalue weighted by Crippen LogP contribution is 2.53. The number of sulfonamides is 1. The van der Waals surface area contributed by atoms with E-state index in [0.29, 0.717) is 13.0 Å². The Morgan fingerprint density at radius 3 is 2.69 bits per heavy atom. The van der Waals surface area contributed by atoms with Crippen molar-refractivity contribution in [2.45, 2.75) is 50.5 Å². The van der Waals surface area contributed by atoms with Gasteiger partial charge in [0, 0.05) is 29.9 Å². The molecule has 1 fully saturated rings. The molecule has 0 amide bonds. The summed E-state index contributed by atoms with van der Waals surface area (Å²) >= 11 is 0. The molecule has 1 aromatic carbocycles. The van der Waals surface area contributed by atoms with Crippen molar-refractivity contribution in [3.05, 3.63) is 59.4 Å². The summed E-state index contributed by atoms with van der Waals surface area (Å²) in [6.07, 6.45) is 6.97. The van der Waals surface area contributed by atoms with Crippen molar-refractivity contribution < 1.29 is 13.2 Å². The Morgan fingerprint density at radius 1 is 1.22 bits per heavy atom. The van der Waals surface area contributed by atoms with Crippen molar-refractivity contribution in [3.63, 3.8) is 0 Å². The summed E-state index contributed by atoms with van der Waals surface area (Å²) in [5, 5.41) is 3.76. The second-order valence-corrected chi connectivity index (χ2v) is 10.2. The predicted octanol–water partition coefficient (Wildman–Crippen LogP) is 3.94. The van der Waals surface area contributed by atoms with E-state index in [4.69, 9.17) is 9.72 Å². The number of rotatable bonds is 9. The SMILES string of the molecule is CCCS(=O)(=O)NCCOc1ccc2c(c1)C(C1(c3ccccn3)CCC1)NCC2.Cl.Cl. The van der Waals surface area contributed by atoms with Gasteiger partial charge in [-0.25, -0.2) is 13.1 Å². The van der Waals surface area contributed by atoms with Crippen molar-refractivity contribution >= 4 is 34.8 Å². The average molecular weight is 503 g/mol. The molecule has 0 radical (unpaired) electrons. The zero-order chi connectivity index (χ0) is 21.0. The quantitative estimate of drug-likeness (QED) is 0.508. The van der Waals surface area contributed by atoms with Crippen LogP contribution in [0.3, 0.4) is 0 Å². The molecule has 1 saturated carbocycles. The zero-order valence-electron chi connectivity index (χ0n) is 18.4. The predicted molar refractivity (Wildman–Crippen MR) is 133 cm³/mol. The fraction of sp³-hybridized carbons (Fsp3) is 0.522.